The smallest absolute Gasteiger partial charge is 0.289 e. The van der Waals surface area contributed by atoms with Crippen LogP contribution in [0.3, 0.4) is 0 Å². The molecule has 2 aromatic rings. The highest BCUT2D eigenvalue weighted by Gasteiger charge is 2.25. The summed E-state index contributed by atoms with van der Waals surface area (Å²) in [6.45, 7) is 8.48. The molecule has 1 aliphatic rings. The Kier molecular flexibility index (Phi) is 6.89. The molecule has 0 saturated carbocycles. The van der Waals surface area contributed by atoms with Gasteiger partial charge in [-0.25, -0.2) is 9.98 Å². The first kappa shape index (κ1) is 19.7. The summed E-state index contributed by atoms with van der Waals surface area (Å²) in [7, 11) is 0. The molecular formula is C20H27N5O3. The minimum atomic E-state index is -0.0664. The lowest BCUT2D eigenvalue weighted by Crippen LogP contribution is -2.53. The number of hydrogen-bond acceptors (Lipinski definition) is 5. The van der Waals surface area contributed by atoms with Crippen LogP contribution in [-0.2, 0) is 6.54 Å². The number of nitrogens with one attached hydrogen (secondary N) is 1. The van der Waals surface area contributed by atoms with E-state index in [9.17, 15) is 4.79 Å². The molecule has 0 radical (unpaired) electrons. The number of ether oxygens (including phenoxy) is 1. The molecule has 1 saturated heterocycles. The number of aromatic nitrogens is 1. The van der Waals surface area contributed by atoms with Crippen LogP contribution in [0.15, 0.2) is 46.1 Å². The van der Waals surface area contributed by atoms with Gasteiger partial charge in [-0.05, 0) is 32.0 Å². The van der Waals surface area contributed by atoms with E-state index in [1.165, 1.54) is 6.26 Å². The van der Waals surface area contributed by atoms with Crippen LogP contribution < -0.4 is 10.1 Å². The van der Waals surface area contributed by atoms with E-state index in [2.05, 4.69) is 15.2 Å². The van der Waals surface area contributed by atoms with Crippen molar-refractivity contribution in [3.05, 3.63) is 48.0 Å². The maximum atomic E-state index is 12.4. The summed E-state index contributed by atoms with van der Waals surface area (Å²) in [5, 5.41) is 3.34. The number of guanidine groups is 1. The first-order valence-electron chi connectivity index (χ1n) is 9.65. The molecule has 0 bridgehead atoms. The average Bonchev–Trinajstić information content (AvgIpc) is 3.27. The molecule has 0 spiro atoms. The Hall–Kier alpha value is -3.03. The van der Waals surface area contributed by atoms with Crippen LogP contribution in [-0.4, -0.2) is 66.0 Å². The van der Waals surface area contributed by atoms with Gasteiger partial charge in [0.2, 0.25) is 5.88 Å². The molecule has 28 heavy (non-hydrogen) atoms. The largest absolute Gasteiger partial charge is 0.478 e. The highest BCUT2D eigenvalue weighted by atomic mass is 16.5. The fourth-order valence-corrected chi connectivity index (χ4v) is 3.07. The predicted octanol–water partition coefficient (Wildman–Crippen LogP) is 2.00. The average molecular weight is 385 g/mol. The number of aliphatic imine (C=N–C) groups is 1. The van der Waals surface area contributed by atoms with E-state index in [0.29, 0.717) is 51.0 Å². The zero-order valence-electron chi connectivity index (χ0n) is 16.4. The number of piperazine rings is 1. The molecule has 1 N–H and O–H groups in total. The maximum Gasteiger partial charge on any atom is 0.289 e. The minimum Gasteiger partial charge on any atom is -0.478 e. The van der Waals surface area contributed by atoms with Crippen LogP contribution in [0.1, 0.15) is 30.0 Å². The van der Waals surface area contributed by atoms with E-state index < -0.39 is 0 Å². The second-order valence-electron chi connectivity index (χ2n) is 6.33. The van der Waals surface area contributed by atoms with Gasteiger partial charge in [0.15, 0.2) is 11.7 Å². The third-order valence-corrected chi connectivity index (χ3v) is 4.46. The number of furan rings is 1. The van der Waals surface area contributed by atoms with Crippen molar-refractivity contribution in [3.8, 4) is 5.88 Å². The Bertz CT molecular complexity index is 783. The van der Waals surface area contributed by atoms with Gasteiger partial charge in [-0.2, -0.15) is 0 Å². The molecular weight excluding hydrogens is 358 g/mol. The molecule has 3 heterocycles. The van der Waals surface area contributed by atoms with Crippen LogP contribution in [0.25, 0.3) is 0 Å². The molecule has 1 fully saturated rings. The number of pyridine rings is 1. The third kappa shape index (κ3) is 4.82. The first-order chi connectivity index (χ1) is 13.7. The maximum absolute atomic E-state index is 12.4. The topological polar surface area (TPSA) is 83.2 Å². The van der Waals surface area contributed by atoms with Gasteiger partial charge in [0, 0.05) is 44.5 Å². The van der Waals surface area contributed by atoms with E-state index in [4.69, 9.17) is 14.1 Å². The molecule has 1 amide bonds. The van der Waals surface area contributed by atoms with Crippen molar-refractivity contribution in [2.24, 2.45) is 4.99 Å². The summed E-state index contributed by atoms with van der Waals surface area (Å²) in [6, 6.07) is 7.29. The van der Waals surface area contributed by atoms with Gasteiger partial charge in [0.05, 0.1) is 19.4 Å². The van der Waals surface area contributed by atoms with E-state index in [1.807, 2.05) is 30.9 Å². The molecule has 8 heteroatoms. The quantitative estimate of drug-likeness (QED) is 0.605. The number of carbonyl (C=O) groups is 1. The van der Waals surface area contributed by atoms with Crippen molar-refractivity contribution < 1.29 is 13.9 Å². The SMILES string of the molecule is CCNC(=NCc1cccnc1OCC)N1CCN(C(=O)c2ccco2)CC1. The van der Waals surface area contributed by atoms with E-state index in [0.717, 1.165) is 18.1 Å². The first-order valence-corrected chi connectivity index (χ1v) is 9.65. The number of carbonyl (C=O) groups excluding carboxylic acids is 1. The van der Waals surface area contributed by atoms with E-state index >= 15 is 0 Å². The minimum absolute atomic E-state index is 0.0664. The van der Waals surface area contributed by atoms with Crippen LogP contribution in [0, 0.1) is 0 Å². The summed E-state index contributed by atoms with van der Waals surface area (Å²) >= 11 is 0. The number of nitrogens with zero attached hydrogens (tertiary/aromatic N) is 4. The Balaban J connectivity index is 1.63. The molecule has 8 nitrogen and oxygen atoms in total. The fourth-order valence-electron chi connectivity index (χ4n) is 3.07. The van der Waals surface area contributed by atoms with Gasteiger partial charge in [0.25, 0.3) is 5.91 Å². The van der Waals surface area contributed by atoms with Crippen LogP contribution in [0.5, 0.6) is 5.88 Å². The number of amides is 1. The molecule has 0 aliphatic carbocycles. The molecule has 0 unspecified atom stereocenters. The Labute approximate surface area is 165 Å². The monoisotopic (exact) mass is 385 g/mol. The molecule has 2 aromatic heterocycles. The van der Waals surface area contributed by atoms with Gasteiger partial charge in [-0.3, -0.25) is 4.79 Å². The van der Waals surface area contributed by atoms with Gasteiger partial charge < -0.3 is 24.3 Å². The Morgan fingerprint density at radius 3 is 2.68 bits per heavy atom. The van der Waals surface area contributed by atoms with E-state index in [1.54, 1.807) is 18.3 Å². The van der Waals surface area contributed by atoms with E-state index in [-0.39, 0.29) is 5.91 Å². The highest BCUT2D eigenvalue weighted by molar-refractivity contribution is 5.91. The lowest BCUT2D eigenvalue weighted by atomic mass is 10.2. The van der Waals surface area contributed by atoms with Crippen molar-refractivity contribution in [3.63, 3.8) is 0 Å². The van der Waals surface area contributed by atoms with Gasteiger partial charge in [-0.15, -0.1) is 0 Å². The van der Waals surface area contributed by atoms with Crippen molar-refractivity contribution in [1.82, 2.24) is 20.1 Å². The van der Waals surface area contributed by atoms with Crippen molar-refractivity contribution >= 4 is 11.9 Å². The molecule has 1 aliphatic heterocycles. The number of rotatable bonds is 6. The van der Waals surface area contributed by atoms with Crippen molar-refractivity contribution in [1.29, 1.82) is 0 Å². The van der Waals surface area contributed by atoms with Crippen LogP contribution >= 0.6 is 0 Å². The number of hydrogen-bond donors (Lipinski definition) is 1. The lowest BCUT2D eigenvalue weighted by molar-refractivity contribution is 0.0657. The lowest BCUT2D eigenvalue weighted by Gasteiger charge is -2.36. The van der Waals surface area contributed by atoms with Gasteiger partial charge >= 0.3 is 0 Å². The fraction of sp³-hybridized carbons (Fsp3) is 0.450. The van der Waals surface area contributed by atoms with Gasteiger partial charge in [-0.1, -0.05) is 6.07 Å². The summed E-state index contributed by atoms with van der Waals surface area (Å²) in [4.78, 5) is 25.4. The van der Waals surface area contributed by atoms with Gasteiger partial charge in [0.1, 0.15) is 0 Å². The van der Waals surface area contributed by atoms with Crippen molar-refractivity contribution in [2.45, 2.75) is 20.4 Å². The second-order valence-corrected chi connectivity index (χ2v) is 6.33. The molecule has 150 valence electrons. The molecule has 0 atom stereocenters. The highest BCUT2D eigenvalue weighted by Crippen LogP contribution is 2.16. The Morgan fingerprint density at radius 1 is 1.21 bits per heavy atom. The zero-order chi connectivity index (χ0) is 19.8. The van der Waals surface area contributed by atoms with Crippen molar-refractivity contribution in [2.75, 3.05) is 39.3 Å². The second kappa shape index (κ2) is 9.77. The summed E-state index contributed by atoms with van der Waals surface area (Å²) < 4.78 is 10.8. The molecule has 0 aromatic carbocycles. The molecule has 3 rings (SSSR count). The van der Waals surface area contributed by atoms with Crippen LogP contribution in [0.4, 0.5) is 0 Å². The predicted molar refractivity (Wildman–Crippen MR) is 106 cm³/mol. The standard InChI is InChI=1S/C20H27N5O3/c1-3-21-20(23-15-16-7-5-9-22-18(16)27-4-2)25-12-10-24(11-13-25)19(26)17-8-6-14-28-17/h5-9,14H,3-4,10-13,15H2,1-2H3,(H,21,23). The summed E-state index contributed by atoms with van der Waals surface area (Å²) in [5.41, 5.74) is 0.950. The third-order valence-electron chi connectivity index (χ3n) is 4.46. The Morgan fingerprint density at radius 2 is 2.00 bits per heavy atom. The summed E-state index contributed by atoms with van der Waals surface area (Å²) in [5.74, 6) is 1.77. The summed E-state index contributed by atoms with van der Waals surface area (Å²) in [6.07, 6.45) is 3.24. The van der Waals surface area contributed by atoms with Crippen LogP contribution in [0.2, 0.25) is 0 Å². The normalized spacial score (nSPS) is 14.9. The zero-order valence-corrected chi connectivity index (χ0v) is 16.4.